The normalized spacial score (nSPS) is 12.1. The van der Waals surface area contributed by atoms with Gasteiger partial charge in [-0.25, -0.2) is 0 Å². The second-order valence-electron chi connectivity index (χ2n) is 2.87. The fourth-order valence-corrected chi connectivity index (χ4v) is 1.45. The van der Waals surface area contributed by atoms with E-state index in [-0.39, 0.29) is 12.6 Å². The molecule has 0 aromatic heterocycles. The zero-order valence-corrected chi connectivity index (χ0v) is 8.54. The third-order valence-electron chi connectivity index (χ3n) is 2.04. The molecule has 1 aromatic carbocycles. The van der Waals surface area contributed by atoms with Gasteiger partial charge in [-0.2, -0.15) is 5.26 Å². The maximum atomic E-state index is 9.08. The molecular weight excluding hydrogens is 200 g/mol. The number of hydrogen-bond acceptors (Lipinski definition) is 3. The largest absolute Gasteiger partial charge is 0.394 e. The van der Waals surface area contributed by atoms with Crippen LogP contribution in [0.25, 0.3) is 0 Å². The van der Waals surface area contributed by atoms with Gasteiger partial charge in [-0.1, -0.05) is 11.6 Å². The zero-order valence-electron chi connectivity index (χ0n) is 7.79. The van der Waals surface area contributed by atoms with Gasteiger partial charge in [0, 0.05) is 5.02 Å². The summed E-state index contributed by atoms with van der Waals surface area (Å²) in [6, 6.07) is 6.82. The highest BCUT2D eigenvalue weighted by atomic mass is 35.5. The van der Waals surface area contributed by atoms with Crippen molar-refractivity contribution < 1.29 is 5.11 Å². The Labute approximate surface area is 87.9 Å². The predicted molar refractivity (Wildman–Crippen MR) is 55.1 cm³/mol. The van der Waals surface area contributed by atoms with E-state index in [1.807, 2.05) is 0 Å². The van der Waals surface area contributed by atoms with Crippen LogP contribution in [0, 0.1) is 11.3 Å². The first-order valence-corrected chi connectivity index (χ1v) is 4.58. The summed E-state index contributed by atoms with van der Waals surface area (Å²) in [7, 11) is 1.73. The van der Waals surface area contributed by atoms with E-state index in [4.69, 9.17) is 22.0 Å². The number of nitrogens with zero attached hydrogens (tertiary/aromatic N) is 1. The smallest absolute Gasteiger partial charge is 0.0995 e. The Morgan fingerprint density at radius 1 is 1.64 bits per heavy atom. The highest BCUT2D eigenvalue weighted by Gasteiger charge is 2.12. The van der Waals surface area contributed by atoms with E-state index in [1.165, 1.54) is 0 Å². The van der Waals surface area contributed by atoms with Crippen LogP contribution in [0.2, 0.25) is 5.02 Å². The first-order chi connectivity index (χ1) is 6.72. The van der Waals surface area contributed by atoms with Crippen molar-refractivity contribution in [3.8, 4) is 6.07 Å². The molecule has 0 aliphatic rings. The van der Waals surface area contributed by atoms with Gasteiger partial charge in [0.05, 0.1) is 24.3 Å². The first-order valence-electron chi connectivity index (χ1n) is 4.20. The quantitative estimate of drug-likeness (QED) is 0.795. The lowest BCUT2D eigenvalue weighted by molar-refractivity contribution is 0.251. The van der Waals surface area contributed by atoms with Crippen LogP contribution in [0.4, 0.5) is 0 Å². The summed E-state index contributed by atoms with van der Waals surface area (Å²) in [5.74, 6) is 0. The standard InChI is InChI=1S/C10H11ClN2O/c1-13-10(6-14)9-4-8(11)3-2-7(9)5-12/h2-4,10,13-14H,6H2,1H3/t10-/m0/s1. The third-order valence-corrected chi connectivity index (χ3v) is 2.28. The molecular formula is C10H11ClN2O. The van der Waals surface area contributed by atoms with Crippen LogP contribution in [0.15, 0.2) is 18.2 Å². The predicted octanol–water partition coefficient (Wildman–Crippen LogP) is 1.46. The van der Waals surface area contributed by atoms with Crippen molar-refractivity contribution >= 4 is 11.6 Å². The molecule has 0 aliphatic carbocycles. The van der Waals surface area contributed by atoms with E-state index >= 15 is 0 Å². The molecule has 14 heavy (non-hydrogen) atoms. The zero-order chi connectivity index (χ0) is 10.6. The lowest BCUT2D eigenvalue weighted by Crippen LogP contribution is -2.20. The summed E-state index contributed by atoms with van der Waals surface area (Å²) < 4.78 is 0. The van der Waals surface area contributed by atoms with Crippen LogP contribution >= 0.6 is 11.6 Å². The number of aliphatic hydroxyl groups excluding tert-OH is 1. The van der Waals surface area contributed by atoms with Crippen LogP contribution in [0.5, 0.6) is 0 Å². The molecule has 0 heterocycles. The van der Waals surface area contributed by atoms with Crippen molar-refractivity contribution in [2.75, 3.05) is 13.7 Å². The van der Waals surface area contributed by atoms with Gasteiger partial charge in [0.2, 0.25) is 0 Å². The van der Waals surface area contributed by atoms with Gasteiger partial charge in [-0.05, 0) is 30.8 Å². The van der Waals surface area contributed by atoms with Crippen LogP contribution in [-0.4, -0.2) is 18.8 Å². The SMILES string of the molecule is CN[C@@H](CO)c1cc(Cl)ccc1C#N. The van der Waals surface area contributed by atoms with Gasteiger partial charge < -0.3 is 10.4 Å². The molecule has 0 saturated carbocycles. The molecule has 1 rings (SSSR count). The topological polar surface area (TPSA) is 56.0 Å². The molecule has 0 bridgehead atoms. The maximum absolute atomic E-state index is 9.08. The van der Waals surface area contributed by atoms with E-state index in [0.717, 1.165) is 5.56 Å². The summed E-state index contributed by atoms with van der Waals surface area (Å²) >= 11 is 5.81. The lowest BCUT2D eigenvalue weighted by Gasteiger charge is -2.14. The number of aliphatic hydroxyl groups is 1. The van der Waals surface area contributed by atoms with Crippen molar-refractivity contribution in [1.82, 2.24) is 5.32 Å². The van der Waals surface area contributed by atoms with Gasteiger partial charge >= 0.3 is 0 Å². The molecule has 0 fully saturated rings. The summed E-state index contributed by atoms with van der Waals surface area (Å²) in [4.78, 5) is 0. The third kappa shape index (κ3) is 2.24. The van der Waals surface area contributed by atoms with E-state index in [2.05, 4.69) is 11.4 Å². The Hall–Kier alpha value is -1.08. The summed E-state index contributed by atoms with van der Waals surface area (Å²) in [6.07, 6.45) is 0. The van der Waals surface area contributed by atoms with Crippen molar-refractivity contribution in [1.29, 1.82) is 5.26 Å². The number of hydrogen-bond donors (Lipinski definition) is 2. The van der Waals surface area contributed by atoms with Crippen LogP contribution in [-0.2, 0) is 0 Å². The van der Waals surface area contributed by atoms with Crippen LogP contribution in [0.3, 0.4) is 0 Å². The molecule has 0 radical (unpaired) electrons. The van der Waals surface area contributed by atoms with Gasteiger partial charge in [0.1, 0.15) is 0 Å². The van der Waals surface area contributed by atoms with Gasteiger partial charge in [0.15, 0.2) is 0 Å². The highest BCUT2D eigenvalue weighted by Crippen LogP contribution is 2.21. The minimum absolute atomic E-state index is 0.0640. The lowest BCUT2D eigenvalue weighted by atomic mass is 10.0. The van der Waals surface area contributed by atoms with Crippen molar-refractivity contribution in [3.63, 3.8) is 0 Å². The van der Waals surface area contributed by atoms with Gasteiger partial charge in [0.25, 0.3) is 0 Å². The number of halogens is 1. The Morgan fingerprint density at radius 3 is 2.86 bits per heavy atom. The monoisotopic (exact) mass is 210 g/mol. The van der Waals surface area contributed by atoms with Gasteiger partial charge in [-0.15, -0.1) is 0 Å². The minimum Gasteiger partial charge on any atom is -0.394 e. The van der Waals surface area contributed by atoms with Crippen molar-refractivity contribution in [2.24, 2.45) is 0 Å². The fourth-order valence-electron chi connectivity index (χ4n) is 1.27. The average Bonchev–Trinajstić information content (AvgIpc) is 2.20. The summed E-state index contributed by atoms with van der Waals surface area (Å²) in [5, 5.41) is 21.4. The molecule has 2 N–H and O–H groups in total. The Balaban J connectivity index is 3.16. The number of nitrogens with one attached hydrogen (secondary N) is 1. The van der Waals surface area contributed by atoms with E-state index < -0.39 is 0 Å². The molecule has 0 saturated heterocycles. The molecule has 4 heteroatoms. The van der Waals surface area contributed by atoms with E-state index in [0.29, 0.717) is 10.6 Å². The molecule has 0 spiro atoms. The average molecular weight is 211 g/mol. The van der Waals surface area contributed by atoms with Gasteiger partial charge in [-0.3, -0.25) is 0 Å². The van der Waals surface area contributed by atoms with Crippen molar-refractivity contribution in [3.05, 3.63) is 34.3 Å². The molecule has 0 aliphatic heterocycles. The highest BCUT2D eigenvalue weighted by molar-refractivity contribution is 6.30. The number of rotatable bonds is 3. The Bertz CT molecular complexity index is 356. The second-order valence-corrected chi connectivity index (χ2v) is 3.30. The molecule has 1 atom stereocenters. The van der Waals surface area contributed by atoms with Crippen LogP contribution < -0.4 is 5.32 Å². The number of nitriles is 1. The molecule has 1 aromatic rings. The Kier molecular flexibility index (Phi) is 3.90. The number of benzene rings is 1. The fraction of sp³-hybridized carbons (Fsp3) is 0.300. The van der Waals surface area contributed by atoms with Crippen molar-refractivity contribution in [2.45, 2.75) is 6.04 Å². The minimum atomic E-state index is -0.247. The summed E-state index contributed by atoms with van der Waals surface area (Å²) in [5.41, 5.74) is 1.26. The first kappa shape index (κ1) is 11.0. The Morgan fingerprint density at radius 2 is 2.36 bits per heavy atom. The number of likely N-dealkylation sites (N-methyl/N-ethyl adjacent to an activating group) is 1. The molecule has 0 amide bonds. The van der Waals surface area contributed by atoms with E-state index in [9.17, 15) is 0 Å². The maximum Gasteiger partial charge on any atom is 0.0995 e. The summed E-state index contributed by atoms with van der Waals surface area (Å²) in [6.45, 7) is -0.0640. The molecule has 0 unspecified atom stereocenters. The van der Waals surface area contributed by atoms with Crippen LogP contribution in [0.1, 0.15) is 17.2 Å². The van der Waals surface area contributed by atoms with E-state index in [1.54, 1.807) is 25.2 Å². The molecule has 3 nitrogen and oxygen atoms in total. The second kappa shape index (κ2) is 4.97. The molecule has 74 valence electrons.